The van der Waals surface area contributed by atoms with E-state index in [-0.39, 0.29) is 13.1 Å². The first-order valence-corrected chi connectivity index (χ1v) is 6.17. The Balaban J connectivity index is 3.71. The van der Waals surface area contributed by atoms with Crippen molar-refractivity contribution in [2.75, 3.05) is 0 Å². The van der Waals surface area contributed by atoms with E-state index < -0.39 is 23.0 Å². The van der Waals surface area contributed by atoms with E-state index in [4.69, 9.17) is 0 Å². The first kappa shape index (κ1) is 14.9. The average Bonchev–Trinajstić information content (AvgIpc) is 2.37. The van der Waals surface area contributed by atoms with Crippen LogP contribution in [0.2, 0.25) is 0 Å². The number of nitrogens with zero attached hydrogens (tertiary/aromatic N) is 3. The van der Waals surface area contributed by atoms with Gasteiger partial charge in [0, 0.05) is 19.2 Å². The van der Waals surface area contributed by atoms with E-state index in [1.54, 1.807) is 19.9 Å². The predicted molar refractivity (Wildman–Crippen MR) is 70.6 cm³/mol. The van der Waals surface area contributed by atoms with E-state index in [9.17, 15) is 19.2 Å². The molecular weight excluding hydrogens is 250 g/mol. The summed E-state index contributed by atoms with van der Waals surface area (Å²) in [6.45, 7) is 5.23. The Morgan fingerprint density at radius 3 is 1.79 bits per heavy atom. The normalized spacial score (nSPS) is 11.1. The number of aromatic nitrogens is 3. The second-order valence-corrected chi connectivity index (χ2v) is 3.82. The maximum Gasteiger partial charge on any atom is 0.343 e. The summed E-state index contributed by atoms with van der Waals surface area (Å²) < 4.78 is 2.21. The first-order valence-electron chi connectivity index (χ1n) is 6.17. The third-order valence-electron chi connectivity index (χ3n) is 2.66. The quantitative estimate of drug-likeness (QED) is 0.708. The molecule has 19 heavy (non-hydrogen) atoms. The summed E-state index contributed by atoms with van der Waals surface area (Å²) in [6, 6.07) is 0. The Kier molecular flexibility index (Phi) is 4.80. The van der Waals surface area contributed by atoms with Crippen LogP contribution in [0.15, 0.2) is 26.5 Å². The summed E-state index contributed by atoms with van der Waals surface area (Å²) in [5, 5.41) is 0. The van der Waals surface area contributed by atoms with Crippen LogP contribution in [0.3, 0.4) is 0 Å². The van der Waals surface area contributed by atoms with Crippen molar-refractivity contribution in [1.82, 2.24) is 13.7 Å². The van der Waals surface area contributed by atoms with Crippen LogP contribution < -0.4 is 17.1 Å². The minimum absolute atomic E-state index is 0.0999. The van der Waals surface area contributed by atoms with Gasteiger partial charge in [-0.1, -0.05) is 13.0 Å². The second-order valence-electron chi connectivity index (χ2n) is 3.82. The van der Waals surface area contributed by atoms with Gasteiger partial charge in [-0.15, -0.1) is 0 Å². The molecule has 1 rings (SSSR count). The van der Waals surface area contributed by atoms with Crippen molar-refractivity contribution in [3.05, 3.63) is 43.6 Å². The molecule has 0 radical (unpaired) electrons. The number of hydrogen-bond donors (Lipinski definition) is 0. The van der Waals surface area contributed by atoms with Crippen molar-refractivity contribution in [3.63, 3.8) is 0 Å². The fourth-order valence-electron chi connectivity index (χ4n) is 1.66. The largest absolute Gasteiger partial charge is 0.343 e. The average molecular weight is 267 g/mol. The molecule has 1 aromatic rings. The maximum absolute atomic E-state index is 12.0. The Labute approximate surface area is 109 Å². The zero-order valence-electron chi connectivity index (χ0n) is 11.3. The topological polar surface area (TPSA) is 83.1 Å². The number of carbonyl (C=O) groups excluding carboxylic acids is 1. The van der Waals surface area contributed by atoms with Gasteiger partial charge in [-0.2, -0.15) is 4.57 Å². The van der Waals surface area contributed by atoms with Crippen LogP contribution in [0.1, 0.15) is 32.0 Å². The van der Waals surface area contributed by atoms with Crippen molar-refractivity contribution >= 4 is 5.91 Å². The molecule has 104 valence electrons. The first-order chi connectivity index (χ1) is 8.99. The fraction of sp³-hybridized carbons (Fsp3) is 0.500. The predicted octanol–water partition coefficient (Wildman–Crippen LogP) is -0.182. The molecule has 0 spiro atoms. The van der Waals surface area contributed by atoms with Crippen molar-refractivity contribution < 1.29 is 4.79 Å². The molecule has 0 amide bonds. The van der Waals surface area contributed by atoms with E-state index in [1.165, 1.54) is 0 Å². The van der Waals surface area contributed by atoms with Gasteiger partial charge in [-0.25, -0.2) is 23.5 Å². The number of rotatable bonds is 4. The molecule has 0 atom stereocenters. The number of allylic oxidation sites excluding steroid dienone is 2. The molecule has 0 saturated carbocycles. The van der Waals surface area contributed by atoms with Gasteiger partial charge in [-0.3, -0.25) is 4.79 Å². The van der Waals surface area contributed by atoms with Crippen LogP contribution in [-0.4, -0.2) is 19.6 Å². The molecule has 7 heteroatoms. The summed E-state index contributed by atoms with van der Waals surface area (Å²) in [6.07, 6.45) is 3.31. The molecule has 0 aliphatic heterocycles. The van der Waals surface area contributed by atoms with Crippen molar-refractivity contribution in [1.29, 1.82) is 0 Å². The Morgan fingerprint density at radius 2 is 1.42 bits per heavy atom. The van der Waals surface area contributed by atoms with Gasteiger partial charge in [0.15, 0.2) is 0 Å². The molecular formula is C12H17N3O4. The van der Waals surface area contributed by atoms with Gasteiger partial charge in [0.2, 0.25) is 0 Å². The lowest BCUT2D eigenvalue weighted by molar-refractivity contribution is 0.0951. The smallest absolute Gasteiger partial charge is 0.269 e. The molecule has 0 aromatic carbocycles. The summed E-state index contributed by atoms with van der Waals surface area (Å²) in [7, 11) is 0. The SMILES string of the molecule is CCC=CC(=O)n1c(=O)n(CC)c(=O)n(CC)c1=O. The standard InChI is InChI=1S/C12H17N3O4/c1-4-7-8-9(16)15-11(18)13(5-2)10(17)14(6-3)12(15)19/h7-8H,4-6H2,1-3H3. The third kappa shape index (κ3) is 2.64. The van der Waals surface area contributed by atoms with Gasteiger partial charge >= 0.3 is 17.1 Å². The highest BCUT2D eigenvalue weighted by molar-refractivity contribution is 5.89. The highest BCUT2D eigenvalue weighted by Crippen LogP contribution is 1.83. The molecule has 1 heterocycles. The molecule has 0 bridgehead atoms. The molecule has 0 aliphatic carbocycles. The molecule has 0 N–H and O–H groups in total. The van der Waals surface area contributed by atoms with E-state index in [1.807, 2.05) is 6.92 Å². The van der Waals surface area contributed by atoms with Crippen LogP contribution in [0, 0.1) is 0 Å². The lowest BCUT2D eigenvalue weighted by atomic mass is 10.4. The van der Waals surface area contributed by atoms with Gasteiger partial charge in [0.1, 0.15) is 0 Å². The lowest BCUT2D eigenvalue weighted by Gasteiger charge is -2.09. The maximum atomic E-state index is 12.0. The fourth-order valence-corrected chi connectivity index (χ4v) is 1.66. The van der Waals surface area contributed by atoms with Gasteiger partial charge in [0.25, 0.3) is 5.91 Å². The number of carbonyl (C=O) groups is 1. The molecule has 7 nitrogen and oxygen atoms in total. The zero-order valence-corrected chi connectivity index (χ0v) is 11.3. The summed E-state index contributed by atoms with van der Waals surface area (Å²) in [5.41, 5.74) is -2.48. The second kappa shape index (κ2) is 6.12. The molecule has 0 fully saturated rings. The summed E-state index contributed by atoms with van der Waals surface area (Å²) in [4.78, 5) is 47.6. The summed E-state index contributed by atoms with van der Waals surface area (Å²) in [5.74, 6) is -0.735. The van der Waals surface area contributed by atoms with E-state index in [0.29, 0.717) is 11.0 Å². The third-order valence-corrected chi connectivity index (χ3v) is 2.66. The van der Waals surface area contributed by atoms with Crippen molar-refractivity contribution in [2.24, 2.45) is 0 Å². The van der Waals surface area contributed by atoms with Crippen LogP contribution in [-0.2, 0) is 13.1 Å². The van der Waals surface area contributed by atoms with Crippen LogP contribution in [0.4, 0.5) is 0 Å². The van der Waals surface area contributed by atoms with E-state index >= 15 is 0 Å². The van der Waals surface area contributed by atoms with Crippen LogP contribution in [0.25, 0.3) is 0 Å². The number of hydrogen-bond acceptors (Lipinski definition) is 4. The Bertz CT molecular complexity index is 633. The minimum Gasteiger partial charge on any atom is -0.269 e. The van der Waals surface area contributed by atoms with Crippen molar-refractivity contribution in [2.45, 2.75) is 40.3 Å². The van der Waals surface area contributed by atoms with E-state index in [0.717, 1.165) is 15.2 Å². The van der Waals surface area contributed by atoms with Crippen LogP contribution >= 0.6 is 0 Å². The minimum atomic E-state index is -0.895. The van der Waals surface area contributed by atoms with Gasteiger partial charge in [0.05, 0.1) is 0 Å². The highest BCUT2D eigenvalue weighted by atomic mass is 16.2. The molecule has 1 aromatic heterocycles. The van der Waals surface area contributed by atoms with Gasteiger partial charge in [-0.05, 0) is 20.3 Å². The molecule has 0 aliphatic rings. The summed E-state index contributed by atoms with van der Waals surface area (Å²) >= 11 is 0. The van der Waals surface area contributed by atoms with E-state index in [2.05, 4.69) is 0 Å². The van der Waals surface area contributed by atoms with Crippen molar-refractivity contribution in [3.8, 4) is 0 Å². The Morgan fingerprint density at radius 1 is 0.947 bits per heavy atom. The molecule has 0 saturated heterocycles. The monoisotopic (exact) mass is 267 g/mol. The highest BCUT2D eigenvalue weighted by Gasteiger charge is 2.16. The lowest BCUT2D eigenvalue weighted by Crippen LogP contribution is -2.55. The Hall–Kier alpha value is -2.18. The molecule has 0 unspecified atom stereocenters. The van der Waals surface area contributed by atoms with Gasteiger partial charge < -0.3 is 0 Å². The zero-order chi connectivity index (χ0) is 14.6. The van der Waals surface area contributed by atoms with Crippen LogP contribution in [0.5, 0.6) is 0 Å².